The first-order valence-electron chi connectivity index (χ1n) is 12.8. The van der Waals surface area contributed by atoms with Gasteiger partial charge in [-0.25, -0.2) is 4.79 Å². The fourth-order valence-electron chi connectivity index (χ4n) is 5.38. The topological polar surface area (TPSA) is 71.3 Å². The van der Waals surface area contributed by atoms with Crippen LogP contribution in [0, 0.1) is 0 Å². The van der Waals surface area contributed by atoms with Crippen LogP contribution in [0.5, 0.6) is 0 Å². The smallest absolute Gasteiger partial charge is 0.352 e. The highest BCUT2D eigenvalue weighted by atomic mass is 35.5. The Morgan fingerprint density at radius 3 is 2.59 bits per heavy atom. The first-order valence-corrected chi connectivity index (χ1v) is 15.0. The average molecular weight is 618 g/mol. The van der Waals surface area contributed by atoms with Gasteiger partial charge in [0.2, 0.25) is 5.91 Å². The summed E-state index contributed by atoms with van der Waals surface area (Å²) < 4.78 is 45.8. The molecular formula is C28H23ClF3N5O2S2. The summed E-state index contributed by atoms with van der Waals surface area (Å²) in [4.78, 5) is 38.7. The fraction of sp³-hybridized carbons (Fsp3) is 0.286. The number of piperazine rings is 1. The number of hydrogen-bond acceptors (Lipinski definition) is 7. The molecule has 0 bridgehead atoms. The lowest BCUT2D eigenvalue weighted by Crippen LogP contribution is -2.49. The molecule has 7 nitrogen and oxygen atoms in total. The van der Waals surface area contributed by atoms with E-state index in [9.17, 15) is 22.8 Å². The summed E-state index contributed by atoms with van der Waals surface area (Å²) in [6.07, 6.45) is -1.79. The van der Waals surface area contributed by atoms with E-state index in [0.717, 1.165) is 23.1 Å². The first kappa shape index (κ1) is 27.8. The number of nitrogens with zero attached hydrogens (tertiary/aromatic N) is 5. The van der Waals surface area contributed by atoms with Crippen molar-refractivity contribution in [1.82, 2.24) is 19.4 Å². The molecule has 1 saturated heterocycles. The molecule has 41 heavy (non-hydrogen) atoms. The third-order valence-electron chi connectivity index (χ3n) is 7.32. The van der Waals surface area contributed by atoms with E-state index in [1.54, 1.807) is 27.4 Å². The van der Waals surface area contributed by atoms with Crippen molar-refractivity contribution in [2.45, 2.75) is 23.5 Å². The number of anilines is 1. The van der Waals surface area contributed by atoms with Crippen molar-refractivity contribution in [2.75, 3.05) is 36.8 Å². The lowest BCUT2D eigenvalue weighted by Gasteiger charge is -2.35. The molecular weight excluding hydrogens is 595 g/mol. The predicted octanol–water partition coefficient (Wildman–Crippen LogP) is 5.92. The van der Waals surface area contributed by atoms with Crippen LogP contribution in [0.25, 0.3) is 21.3 Å². The van der Waals surface area contributed by atoms with Gasteiger partial charge in [0.25, 0.3) is 0 Å². The molecule has 0 unspecified atom stereocenters. The van der Waals surface area contributed by atoms with E-state index in [1.165, 1.54) is 28.5 Å². The molecule has 2 aliphatic heterocycles. The minimum absolute atomic E-state index is 0.0141. The molecule has 6 rings (SSSR count). The maximum absolute atomic E-state index is 14.8. The van der Waals surface area contributed by atoms with Gasteiger partial charge in [0.05, 0.1) is 16.1 Å². The fourth-order valence-corrected chi connectivity index (χ4v) is 7.95. The van der Waals surface area contributed by atoms with Gasteiger partial charge in [-0.15, -0.1) is 23.1 Å². The van der Waals surface area contributed by atoms with Crippen molar-refractivity contribution in [2.24, 2.45) is 0 Å². The second-order valence-corrected chi connectivity index (χ2v) is 12.1. The third kappa shape index (κ3) is 5.13. The third-order valence-corrected chi connectivity index (χ3v) is 9.87. The molecule has 0 saturated carbocycles. The second-order valence-electron chi connectivity index (χ2n) is 9.76. The Labute approximate surface area is 246 Å². The zero-order chi connectivity index (χ0) is 28.9. The average Bonchev–Trinajstić information content (AvgIpc) is 3.29. The van der Waals surface area contributed by atoms with Gasteiger partial charge in [-0.2, -0.15) is 18.2 Å². The molecule has 1 fully saturated rings. The second kappa shape index (κ2) is 10.8. The number of carbonyl (C=O) groups is 1. The van der Waals surface area contributed by atoms with E-state index in [0.29, 0.717) is 52.2 Å². The van der Waals surface area contributed by atoms with Crippen LogP contribution in [0.15, 0.2) is 64.3 Å². The highest BCUT2D eigenvalue weighted by Gasteiger charge is 2.39. The summed E-state index contributed by atoms with van der Waals surface area (Å²) in [6, 6.07) is 8.14. The first-order chi connectivity index (χ1) is 19.7. The molecule has 1 atom stereocenters. The molecule has 0 aliphatic carbocycles. The van der Waals surface area contributed by atoms with E-state index in [4.69, 9.17) is 11.6 Å². The van der Waals surface area contributed by atoms with Crippen molar-refractivity contribution < 1.29 is 18.0 Å². The van der Waals surface area contributed by atoms with Crippen molar-refractivity contribution in [3.63, 3.8) is 0 Å². The van der Waals surface area contributed by atoms with Crippen LogP contribution >= 0.6 is 34.7 Å². The summed E-state index contributed by atoms with van der Waals surface area (Å²) in [5.74, 6) is 0.149. The summed E-state index contributed by atoms with van der Waals surface area (Å²) in [5.41, 5.74) is -0.176. The van der Waals surface area contributed by atoms with Gasteiger partial charge < -0.3 is 9.80 Å². The number of hydrogen-bond donors (Lipinski definition) is 0. The molecule has 0 spiro atoms. The summed E-state index contributed by atoms with van der Waals surface area (Å²) in [7, 11) is 0. The molecule has 0 N–H and O–H groups in total. The van der Waals surface area contributed by atoms with Gasteiger partial charge in [0.15, 0.2) is 0 Å². The van der Waals surface area contributed by atoms with Crippen LogP contribution in [0.3, 0.4) is 0 Å². The molecule has 3 aromatic heterocycles. The number of aromatic nitrogens is 3. The SMILES string of the molecule is C=CC(=O)N1CCN(c2nc(=O)n3c4c(c(-c5cc(Cl)cs5)c(C(F)(F)F)cc24)SC[C@@H](c2ccccn2)C3)CC1. The Hall–Kier alpha value is -3.35. The Balaban J connectivity index is 1.60. The van der Waals surface area contributed by atoms with E-state index >= 15 is 0 Å². The number of halogens is 4. The number of thioether (sulfide) groups is 1. The highest BCUT2D eigenvalue weighted by Crippen LogP contribution is 2.50. The Bertz CT molecular complexity index is 1720. The summed E-state index contributed by atoms with van der Waals surface area (Å²) in [6.45, 7) is 5.03. The quantitative estimate of drug-likeness (QED) is 0.265. The molecule has 1 amide bonds. The number of thiophene rings is 1. The summed E-state index contributed by atoms with van der Waals surface area (Å²) in [5, 5.41) is 2.19. The van der Waals surface area contributed by atoms with Crippen molar-refractivity contribution >= 4 is 57.3 Å². The normalized spacial score (nSPS) is 17.5. The molecule has 13 heteroatoms. The van der Waals surface area contributed by atoms with E-state index < -0.39 is 17.4 Å². The van der Waals surface area contributed by atoms with Gasteiger partial charge in [-0.05, 0) is 30.3 Å². The van der Waals surface area contributed by atoms with Gasteiger partial charge in [0.1, 0.15) is 5.82 Å². The highest BCUT2D eigenvalue weighted by molar-refractivity contribution is 7.99. The zero-order valence-electron chi connectivity index (χ0n) is 21.5. The molecule has 4 aromatic rings. The Morgan fingerprint density at radius 1 is 1.17 bits per heavy atom. The van der Waals surface area contributed by atoms with Crippen LogP contribution in [-0.2, 0) is 17.5 Å². The van der Waals surface area contributed by atoms with Crippen LogP contribution in [0.1, 0.15) is 17.2 Å². The molecule has 0 radical (unpaired) electrons. The minimum atomic E-state index is -4.68. The molecule has 212 valence electrons. The van der Waals surface area contributed by atoms with Gasteiger partial charge in [0, 0.05) is 82.4 Å². The van der Waals surface area contributed by atoms with Crippen LogP contribution < -0.4 is 10.6 Å². The summed E-state index contributed by atoms with van der Waals surface area (Å²) >= 11 is 8.60. The van der Waals surface area contributed by atoms with Crippen molar-refractivity contribution in [3.05, 3.63) is 81.3 Å². The van der Waals surface area contributed by atoms with E-state index in [2.05, 4.69) is 16.5 Å². The molecule has 2 aliphatic rings. The number of rotatable bonds is 4. The van der Waals surface area contributed by atoms with Gasteiger partial charge in [-0.1, -0.05) is 24.2 Å². The zero-order valence-corrected chi connectivity index (χ0v) is 23.9. The maximum Gasteiger partial charge on any atom is 0.417 e. The number of alkyl halides is 3. The standard InChI is InChI=1S/C28H23ClF3N5O2S2/c1-2-22(38)35-7-9-36(10-8-35)26-18-12-19(28(30,31)32)23(21-11-17(29)15-40-21)25-24(18)37(27(39)34-26)13-16(14-41-25)20-5-3-4-6-33-20/h2-6,11-12,15-16H,1,7-10,13-14H2/t16-/m0/s1. The monoisotopic (exact) mass is 617 g/mol. The molecule has 5 heterocycles. The molecule has 1 aromatic carbocycles. The Morgan fingerprint density at radius 2 is 1.95 bits per heavy atom. The van der Waals surface area contributed by atoms with Crippen molar-refractivity contribution in [1.29, 1.82) is 0 Å². The number of pyridine rings is 1. The van der Waals surface area contributed by atoms with Crippen LogP contribution in [0.2, 0.25) is 5.02 Å². The van der Waals surface area contributed by atoms with E-state index in [1.807, 2.05) is 12.1 Å². The van der Waals surface area contributed by atoms with Gasteiger partial charge >= 0.3 is 11.9 Å². The van der Waals surface area contributed by atoms with Crippen molar-refractivity contribution in [3.8, 4) is 10.4 Å². The Kier molecular flexibility index (Phi) is 7.33. The predicted molar refractivity (Wildman–Crippen MR) is 156 cm³/mol. The lowest BCUT2D eigenvalue weighted by atomic mass is 10.0. The van der Waals surface area contributed by atoms with Crippen LogP contribution in [-0.4, -0.2) is 57.3 Å². The van der Waals surface area contributed by atoms with Gasteiger partial charge in [-0.3, -0.25) is 14.3 Å². The van der Waals surface area contributed by atoms with Crippen LogP contribution in [0.4, 0.5) is 19.0 Å². The largest absolute Gasteiger partial charge is 0.417 e. The number of benzene rings is 1. The minimum Gasteiger partial charge on any atom is -0.352 e. The van der Waals surface area contributed by atoms with E-state index in [-0.39, 0.29) is 35.1 Å². The number of carbonyl (C=O) groups excluding carboxylic acids is 1. The number of amides is 1. The lowest BCUT2D eigenvalue weighted by molar-refractivity contribution is -0.137. The maximum atomic E-state index is 14.8.